The van der Waals surface area contributed by atoms with Gasteiger partial charge in [0.15, 0.2) is 11.5 Å². The van der Waals surface area contributed by atoms with Crippen LogP contribution in [-0.2, 0) is 6.54 Å². The second-order valence-corrected chi connectivity index (χ2v) is 5.94. The molecular formula is C14H20BrNO2. The number of phenols is 1. The van der Waals surface area contributed by atoms with Crippen molar-refractivity contribution < 1.29 is 9.84 Å². The van der Waals surface area contributed by atoms with E-state index in [1.807, 2.05) is 12.1 Å². The van der Waals surface area contributed by atoms with E-state index in [0.29, 0.717) is 15.6 Å². The first-order valence-corrected chi connectivity index (χ1v) is 7.15. The molecule has 0 aromatic heterocycles. The molecule has 0 heterocycles. The van der Waals surface area contributed by atoms with Crippen LogP contribution in [0.25, 0.3) is 0 Å². The van der Waals surface area contributed by atoms with Gasteiger partial charge < -0.3 is 15.2 Å². The van der Waals surface area contributed by atoms with Gasteiger partial charge in [0.25, 0.3) is 0 Å². The molecule has 18 heavy (non-hydrogen) atoms. The second-order valence-electron chi connectivity index (χ2n) is 5.09. The standard InChI is InChI=1S/C14H20BrNO2/c1-3-14(4-5-14)9-16-8-10-6-11(15)13(17)12(7-10)18-2/h6-7,16-17H,3-5,8-9H2,1-2H3. The Morgan fingerprint density at radius 2 is 2.17 bits per heavy atom. The average Bonchev–Trinajstić information content (AvgIpc) is 3.14. The van der Waals surface area contributed by atoms with Crippen LogP contribution in [0.4, 0.5) is 0 Å². The third kappa shape index (κ3) is 2.98. The number of rotatable bonds is 6. The van der Waals surface area contributed by atoms with Crippen molar-refractivity contribution in [2.45, 2.75) is 32.7 Å². The second kappa shape index (κ2) is 5.49. The summed E-state index contributed by atoms with van der Waals surface area (Å²) in [5, 5.41) is 13.2. The number of ether oxygens (including phenoxy) is 1. The number of benzene rings is 1. The van der Waals surface area contributed by atoms with E-state index in [1.165, 1.54) is 19.3 Å². The lowest BCUT2D eigenvalue weighted by molar-refractivity contribution is 0.371. The Labute approximate surface area is 117 Å². The summed E-state index contributed by atoms with van der Waals surface area (Å²) in [7, 11) is 1.56. The van der Waals surface area contributed by atoms with Crippen LogP contribution in [0.1, 0.15) is 31.7 Å². The SMILES string of the molecule is CCC1(CNCc2cc(Br)c(O)c(OC)c2)CC1. The molecule has 2 rings (SSSR count). The van der Waals surface area contributed by atoms with Gasteiger partial charge in [-0.15, -0.1) is 0 Å². The zero-order valence-electron chi connectivity index (χ0n) is 10.9. The van der Waals surface area contributed by atoms with E-state index in [9.17, 15) is 5.11 Å². The van der Waals surface area contributed by atoms with Gasteiger partial charge in [-0.2, -0.15) is 0 Å². The van der Waals surface area contributed by atoms with Crippen LogP contribution in [-0.4, -0.2) is 18.8 Å². The van der Waals surface area contributed by atoms with Crippen molar-refractivity contribution in [3.05, 3.63) is 22.2 Å². The number of hydrogen-bond donors (Lipinski definition) is 2. The molecule has 2 N–H and O–H groups in total. The van der Waals surface area contributed by atoms with Crippen LogP contribution in [0, 0.1) is 5.41 Å². The predicted octanol–water partition coefficient (Wildman–Crippen LogP) is 3.44. The number of methoxy groups -OCH3 is 1. The fourth-order valence-corrected chi connectivity index (χ4v) is 2.68. The van der Waals surface area contributed by atoms with Crippen LogP contribution in [0.3, 0.4) is 0 Å². The zero-order chi connectivity index (χ0) is 13.2. The van der Waals surface area contributed by atoms with E-state index >= 15 is 0 Å². The van der Waals surface area contributed by atoms with Crippen molar-refractivity contribution in [3.63, 3.8) is 0 Å². The molecule has 1 aromatic rings. The molecule has 1 aromatic carbocycles. The molecule has 0 unspecified atom stereocenters. The molecule has 1 fully saturated rings. The summed E-state index contributed by atoms with van der Waals surface area (Å²) in [5.41, 5.74) is 1.67. The number of hydrogen-bond acceptors (Lipinski definition) is 3. The van der Waals surface area contributed by atoms with Crippen molar-refractivity contribution in [2.24, 2.45) is 5.41 Å². The molecule has 1 aliphatic carbocycles. The number of nitrogens with one attached hydrogen (secondary N) is 1. The minimum Gasteiger partial charge on any atom is -0.503 e. The van der Waals surface area contributed by atoms with Gasteiger partial charge in [0.05, 0.1) is 11.6 Å². The summed E-state index contributed by atoms with van der Waals surface area (Å²) in [6.45, 7) is 4.14. The van der Waals surface area contributed by atoms with Gasteiger partial charge in [0, 0.05) is 13.1 Å². The summed E-state index contributed by atoms with van der Waals surface area (Å²) in [6, 6.07) is 3.80. The maximum absolute atomic E-state index is 9.73. The fourth-order valence-electron chi connectivity index (χ4n) is 2.19. The smallest absolute Gasteiger partial charge is 0.172 e. The van der Waals surface area contributed by atoms with Crippen molar-refractivity contribution in [1.29, 1.82) is 0 Å². The molecule has 1 aliphatic rings. The van der Waals surface area contributed by atoms with E-state index in [0.717, 1.165) is 18.7 Å². The summed E-state index contributed by atoms with van der Waals surface area (Å²) in [6.07, 6.45) is 3.95. The van der Waals surface area contributed by atoms with Crippen molar-refractivity contribution >= 4 is 15.9 Å². The zero-order valence-corrected chi connectivity index (χ0v) is 12.5. The first kappa shape index (κ1) is 13.7. The highest BCUT2D eigenvalue weighted by atomic mass is 79.9. The maximum atomic E-state index is 9.73. The van der Waals surface area contributed by atoms with Gasteiger partial charge >= 0.3 is 0 Å². The lowest BCUT2D eigenvalue weighted by Gasteiger charge is -2.14. The van der Waals surface area contributed by atoms with E-state index < -0.39 is 0 Å². The first-order valence-electron chi connectivity index (χ1n) is 6.36. The largest absolute Gasteiger partial charge is 0.503 e. The Morgan fingerprint density at radius 1 is 1.44 bits per heavy atom. The molecule has 0 saturated heterocycles. The third-order valence-electron chi connectivity index (χ3n) is 3.84. The minimum absolute atomic E-state index is 0.161. The number of halogens is 1. The molecule has 0 radical (unpaired) electrons. The molecule has 0 atom stereocenters. The number of phenolic OH excluding ortho intramolecular Hbond substituents is 1. The molecule has 0 aliphatic heterocycles. The number of aromatic hydroxyl groups is 1. The highest BCUT2D eigenvalue weighted by Crippen LogP contribution is 2.47. The van der Waals surface area contributed by atoms with Crippen LogP contribution in [0.5, 0.6) is 11.5 Å². The summed E-state index contributed by atoms with van der Waals surface area (Å²) < 4.78 is 5.82. The van der Waals surface area contributed by atoms with Crippen LogP contribution in [0.15, 0.2) is 16.6 Å². The molecular weight excluding hydrogens is 294 g/mol. The molecule has 3 nitrogen and oxygen atoms in total. The van der Waals surface area contributed by atoms with Gasteiger partial charge in [-0.3, -0.25) is 0 Å². The normalized spacial score (nSPS) is 16.6. The van der Waals surface area contributed by atoms with Gasteiger partial charge in [0.1, 0.15) is 0 Å². The highest BCUT2D eigenvalue weighted by molar-refractivity contribution is 9.10. The first-order chi connectivity index (χ1) is 8.60. The minimum atomic E-state index is 0.161. The topological polar surface area (TPSA) is 41.5 Å². The molecule has 1 saturated carbocycles. The average molecular weight is 314 g/mol. The van der Waals surface area contributed by atoms with E-state index in [1.54, 1.807) is 7.11 Å². The fraction of sp³-hybridized carbons (Fsp3) is 0.571. The maximum Gasteiger partial charge on any atom is 0.172 e. The Balaban J connectivity index is 1.95. The van der Waals surface area contributed by atoms with Crippen molar-refractivity contribution in [2.75, 3.05) is 13.7 Å². The highest BCUT2D eigenvalue weighted by Gasteiger charge is 2.39. The Morgan fingerprint density at radius 3 is 2.72 bits per heavy atom. The van der Waals surface area contributed by atoms with Crippen LogP contribution < -0.4 is 10.1 Å². The van der Waals surface area contributed by atoms with Gasteiger partial charge in [-0.25, -0.2) is 0 Å². The summed E-state index contributed by atoms with van der Waals surface area (Å²) in [5.74, 6) is 0.672. The molecule has 100 valence electrons. The summed E-state index contributed by atoms with van der Waals surface area (Å²) in [4.78, 5) is 0. The molecule has 0 bridgehead atoms. The Bertz CT molecular complexity index is 430. The van der Waals surface area contributed by atoms with Crippen molar-refractivity contribution in [3.8, 4) is 11.5 Å². The third-order valence-corrected chi connectivity index (χ3v) is 4.45. The Kier molecular flexibility index (Phi) is 4.17. The quantitative estimate of drug-likeness (QED) is 0.845. The Hall–Kier alpha value is -0.740. The van der Waals surface area contributed by atoms with Gasteiger partial charge in [-0.1, -0.05) is 6.92 Å². The summed E-state index contributed by atoms with van der Waals surface area (Å²) >= 11 is 3.34. The monoisotopic (exact) mass is 313 g/mol. The molecule has 0 spiro atoms. The molecule has 0 amide bonds. The van der Waals surface area contributed by atoms with Crippen LogP contribution >= 0.6 is 15.9 Å². The van der Waals surface area contributed by atoms with Gasteiger partial charge in [-0.05, 0) is 58.3 Å². The lowest BCUT2D eigenvalue weighted by Crippen LogP contribution is -2.23. The van der Waals surface area contributed by atoms with E-state index in [2.05, 4.69) is 28.2 Å². The van der Waals surface area contributed by atoms with Crippen molar-refractivity contribution in [1.82, 2.24) is 5.32 Å². The predicted molar refractivity (Wildman–Crippen MR) is 76.0 cm³/mol. The molecule has 4 heteroatoms. The van der Waals surface area contributed by atoms with E-state index in [-0.39, 0.29) is 5.75 Å². The van der Waals surface area contributed by atoms with Crippen LogP contribution in [0.2, 0.25) is 0 Å². The van der Waals surface area contributed by atoms with Gasteiger partial charge in [0.2, 0.25) is 0 Å². The van der Waals surface area contributed by atoms with E-state index in [4.69, 9.17) is 4.74 Å². The lowest BCUT2D eigenvalue weighted by atomic mass is 10.0.